The largest absolute Gasteiger partial charge is 0.435 e. The van der Waals surface area contributed by atoms with Crippen LogP contribution in [0.25, 0.3) is 0 Å². The molecule has 9 heteroatoms. The zero-order valence-electron chi connectivity index (χ0n) is 10.0. The minimum Gasteiger partial charge on any atom is -0.435 e. The minimum atomic E-state index is -0.527. The van der Waals surface area contributed by atoms with Crippen molar-refractivity contribution in [1.82, 2.24) is 4.98 Å². The fourth-order valence-corrected chi connectivity index (χ4v) is 2.94. The molecule has 0 spiro atoms. The molecule has 1 aromatic carbocycles. The molecule has 0 N–H and O–H groups in total. The number of aromatic nitrogens is 1. The van der Waals surface area contributed by atoms with Crippen LogP contribution in [0, 0.1) is 21.4 Å². The summed E-state index contributed by atoms with van der Waals surface area (Å²) >= 11 is 12.4. The van der Waals surface area contributed by atoms with Crippen molar-refractivity contribution in [3.05, 3.63) is 54.0 Å². The van der Waals surface area contributed by atoms with Crippen molar-refractivity contribution < 1.29 is 9.66 Å². The Morgan fingerprint density at radius 1 is 1.38 bits per heavy atom. The summed E-state index contributed by atoms with van der Waals surface area (Å²) in [4.78, 5) is 14.2. The lowest BCUT2D eigenvalue weighted by Crippen LogP contribution is -1.94. The maximum absolute atomic E-state index is 10.8. The molecule has 21 heavy (non-hydrogen) atoms. The lowest BCUT2D eigenvalue weighted by molar-refractivity contribution is -0.385. The van der Waals surface area contributed by atoms with Crippen molar-refractivity contribution in [3.8, 4) is 17.7 Å². The first kappa shape index (κ1) is 15.7. The van der Waals surface area contributed by atoms with Crippen LogP contribution in [0.2, 0.25) is 5.02 Å². The number of halogens is 3. The third-order valence-electron chi connectivity index (χ3n) is 2.37. The molecule has 0 amide bonds. The Bertz CT molecular complexity index is 754. The van der Waals surface area contributed by atoms with E-state index in [1.54, 1.807) is 0 Å². The number of ether oxygens (including phenoxy) is 1. The van der Waals surface area contributed by atoms with Gasteiger partial charge in [0.25, 0.3) is 5.69 Å². The van der Waals surface area contributed by atoms with Gasteiger partial charge in [0, 0.05) is 18.3 Å². The van der Waals surface area contributed by atoms with E-state index in [0.29, 0.717) is 8.95 Å². The standard InChI is InChI=1S/C12H4Br2ClN3O3/c13-8-3-7(18(19)20)4-9(14)11(8)21-12-10(15)6(5-16)1-2-17-12/h1-4H. The van der Waals surface area contributed by atoms with Gasteiger partial charge in [-0.05, 0) is 37.9 Å². The first-order valence-corrected chi connectivity index (χ1v) is 7.26. The van der Waals surface area contributed by atoms with Gasteiger partial charge in [-0.2, -0.15) is 5.26 Å². The summed E-state index contributed by atoms with van der Waals surface area (Å²) in [5, 5.41) is 19.7. The zero-order valence-corrected chi connectivity index (χ0v) is 13.9. The molecule has 0 bridgehead atoms. The van der Waals surface area contributed by atoms with E-state index < -0.39 is 4.92 Å². The minimum absolute atomic E-state index is 0.0333. The molecule has 2 aromatic rings. The van der Waals surface area contributed by atoms with Crippen LogP contribution in [0.3, 0.4) is 0 Å². The molecule has 0 fully saturated rings. The maximum atomic E-state index is 10.8. The summed E-state index contributed by atoms with van der Waals surface area (Å²) in [6.45, 7) is 0. The second-order valence-corrected chi connectivity index (χ2v) is 5.77. The Labute approximate surface area is 140 Å². The molecule has 0 saturated heterocycles. The van der Waals surface area contributed by atoms with Crippen molar-refractivity contribution >= 4 is 49.1 Å². The van der Waals surface area contributed by atoms with Gasteiger partial charge in [0.2, 0.25) is 5.88 Å². The Kier molecular flexibility index (Phi) is 4.77. The number of nitro groups is 1. The molecule has 0 aliphatic carbocycles. The normalized spacial score (nSPS) is 10.0. The number of rotatable bonds is 3. The van der Waals surface area contributed by atoms with E-state index in [1.807, 2.05) is 6.07 Å². The van der Waals surface area contributed by atoms with Gasteiger partial charge in [-0.15, -0.1) is 0 Å². The van der Waals surface area contributed by atoms with Crippen molar-refractivity contribution in [2.75, 3.05) is 0 Å². The molecule has 0 radical (unpaired) electrons. The third-order valence-corrected chi connectivity index (χ3v) is 3.91. The van der Waals surface area contributed by atoms with Crippen molar-refractivity contribution in [1.29, 1.82) is 5.26 Å². The van der Waals surface area contributed by atoms with Crippen LogP contribution in [-0.4, -0.2) is 9.91 Å². The molecule has 0 atom stereocenters. The molecule has 0 aliphatic rings. The van der Waals surface area contributed by atoms with Crippen molar-refractivity contribution in [2.24, 2.45) is 0 Å². The summed E-state index contributed by atoms with van der Waals surface area (Å²) in [6.07, 6.45) is 1.38. The second-order valence-electron chi connectivity index (χ2n) is 3.69. The zero-order chi connectivity index (χ0) is 15.6. The Balaban J connectivity index is 2.46. The van der Waals surface area contributed by atoms with Crippen LogP contribution in [0.4, 0.5) is 5.69 Å². The highest BCUT2D eigenvalue weighted by Crippen LogP contribution is 2.41. The third kappa shape index (κ3) is 3.32. The van der Waals surface area contributed by atoms with Crippen LogP contribution < -0.4 is 4.74 Å². The molecule has 0 unspecified atom stereocenters. The van der Waals surface area contributed by atoms with E-state index in [1.165, 1.54) is 24.4 Å². The quantitative estimate of drug-likeness (QED) is 0.511. The van der Waals surface area contributed by atoms with Gasteiger partial charge in [-0.3, -0.25) is 10.1 Å². The fourth-order valence-electron chi connectivity index (χ4n) is 1.43. The van der Waals surface area contributed by atoms with Gasteiger partial charge in [0.05, 0.1) is 19.4 Å². The first-order valence-electron chi connectivity index (χ1n) is 5.30. The SMILES string of the molecule is N#Cc1ccnc(Oc2c(Br)cc([N+](=O)[O-])cc2Br)c1Cl. The van der Waals surface area contributed by atoms with E-state index in [-0.39, 0.29) is 27.9 Å². The Hall–Kier alpha value is -1.69. The Morgan fingerprint density at radius 2 is 2.00 bits per heavy atom. The van der Waals surface area contributed by atoms with Crippen LogP contribution in [-0.2, 0) is 0 Å². The van der Waals surface area contributed by atoms with Gasteiger partial charge in [-0.25, -0.2) is 4.98 Å². The van der Waals surface area contributed by atoms with Crippen molar-refractivity contribution in [3.63, 3.8) is 0 Å². The average Bonchev–Trinajstić information content (AvgIpc) is 2.44. The molecule has 1 heterocycles. The highest BCUT2D eigenvalue weighted by Gasteiger charge is 2.18. The van der Waals surface area contributed by atoms with Gasteiger partial charge in [-0.1, -0.05) is 11.6 Å². The number of nitrogens with zero attached hydrogens (tertiary/aromatic N) is 3. The summed E-state index contributed by atoms with van der Waals surface area (Å²) in [7, 11) is 0. The number of nitriles is 1. The molecule has 6 nitrogen and oxygen atoms in total. The molecule has 106 valence electrons. The molecule has 1 aromatic heterocycles. The van der Waals surface area contributed by atoms with E-state index in [2.05, 4.69) is 36.8 Å². The number of non-ortho nitro benzene ring substituents is 1. The van der Waals surface area contributed by atoms with E-state index in [4.69, 9.17) is 21.6 Å². The van der Waals surface area contributed by atoms with Crippen LogP contribution in [0.15, 0.2) is 33.3 Å². The van der Waals surface area contributed by atoms with Gasteiger partial charge < -0.3 is 4.74 Å². The van der Waals surface area contributed by atoms with E-state index >= 15 is 0 Å². The van der Waals surface area contributed by atoms with E-state index in [0.717, 1.165) is 0 Å². The molecule has 0 saturated carbocycles. The summed E-state index contributed by atoms with van der Waals surface area (Å²) in [5.74, 6) is 0.302. The predicted molar refractivity (Wildman–Crippen MR) is 82.5 cm³/mol. The van der Waals surface area contributed by atoms with Gasteiger partial charge >= 0.3 is 0 Å². The first-order chi connectivity index (χ1) is 9.93. The summed E-state index contributed by atoms with van der Waals surface area (Å²) < 4.78 is 6.24. The average molecular weight is 433 g/mol. The van der Waals surface area contributed by atoms with Gasteiger partial charge in [0.1, 0.15) is 11.1 Å². The van der Waals surface area contributed by atoms with E-state index in [9.17, 15) is 10.1 Å². The number of nitro benzene ring substituents is 1. The van der Waals surface area contributed by atoms with Crippen LogP contribution in [0.5, 0.6) is 11.6 Å². The molecular formula is C12H4Br2ClN3O3. The fraction of sp³-hybridized carbons (Fsp3) is 0. The summed E-state index contributed by atoms with van der Waals surface area (Å²) in [6, 6.07) is 5.95. The predicted octanol–water partition coefficient (Wildman–Crippen LogP) is 4.83. The topological polar surface area (TPSA) is 89.0 Å². The van der Waals surface area contributed by atoms with Crippen LogP contribution >= 0.6 is 43.5 Å². The van der Waals surface area contributed by atoms with Gasteiger partial charge in [0.15, 0.2) is 5.75 Å². The highest BCUT2D eigenvalue weighted by molar-refractivity contribution is 9.11. The number of hydrogen-bond acceptors (Lipinski definition) is 5. The second kappa shape index (κ2) is 6.39. The number of hydrogen-bond donors (Lipinski definition) is 0. The smallest absolute Gasteiger partial charge is 0.271 e. The lowest BCUT2D eigenvalue weighted by Gasteiger charge is -2.10. The highest BCUT2D eigenvalue weighted by atomic mass is 79.9. The number of pyridine rings is 1. The lowest BCUT2D eigenvalue weighted by atomic mass is 10.3. The number of benzene rings is 1. The molecule has 0 aliphatic heterocycles. The van der Waals surface area contributed by atoms with Crippen molar-refractivity contribution in [2.45, 2.75) is 0 Å². The van der Waals surface area contributed by atoms with Crippen LogP contribution in [0.1, 0.15) is 5.56 Å². The molecular weight excluding hydrogens is 429 g/mol. The maximum Gasteiger partial charge on any atom is 0.271 e. The monoisotopic (exact) mass is 431 g/mol. The molecule has 2 rings (SSSR count). The Morgan fingerprint density at radius 3 is 2.52 bits per heavy atom. The summed E-state index contributed by atoms with van der Waals surface area (Å²) in [5.41, 5.74) is 0.113.